The Labute approximate surface area is 231 Å². The third-order valence-electron chi connectivity index (χ3n) is 6.58. The van der Waals surface area contributed by atoms with Crippen molar-refractivity contribution in [3.63, 3.8) is 0 Å². The number of amides is 1. The largest absolute Gasteiger partial charge is 0.492 e. The van der Waals surface area contributed by atoms with Crippen LogP contribution in [0, 0.1) is 0 Å². The van der Waals surface area contributed by atoms with Crippen LogP contribution in [0.2, 0.25) is 0 Å². The molecular formula is C30H26F6N2O3. The predicted molar refractivity (Wildman–Crippen MR) is 142 cm³/mol. The Morgan fingerprint density at radius 3 is 2.05 bits per heavy atom. The SMILES string of the molecule is CN(Cc1cc(C(F)(F)F)cc(C(F)(F)F)c1)C(=O)c1c(OCCCc2ccccc2)c2ccccc2n(C)c1=O. The van der Waals surface area contributed by atoms with Gasteiger partial charge in [0, 0.05) is 26.0 Å². The Morgan fingerprint density at radius 2 is 1.44 bits per heavy atom. The molecule has 216 valence electrons. The van der Waals surface area contributed by atoms with Crippen LogP contribution in [0.1, 0.15) is 39.0 Å². The number of ether oxygens (including phenoxy) is 1. The van der Waals surface area contributed by atoms with Gasteiger partial charge in [-0.15, -0.1) is 0 Å². The third-order valence-corrected chi connectivity index (χ3v) is 6.58. The second-order valence-electron chi connectivity index (χ2n) is 9.60. The van der Waals surface area contributed by atoms with Gasteiger partial charge in [-0.05, 0) is 54.3 Å². The zero-order valence-corrected chi connectivity index (χ0v) is 22.1. The highest BCUT2D eigenvalue weighted by Crippen LogP contribution is 2.37. The summed E-state index contributed by atoms with van der Waals surface area (Å²) < 4.78 is 87.3. The Balaban J connectivity index is 1.68. The second-order valence-corrected chi connectivity index (χ2v) is 9.60. The number of rotatable bonds is 8. The van der Waals surface area contributed by atoms with E-state index in [-0.39, 0.29) is 24.0 Å². The molecule has 0 atom stereocenters. The van der Waals surface area contributed by atoms with Gasteiger partial charge in [-0.25, -0.2) is 0 Å². The number of pyridine rings is 1. The van der Waals surface area contributed by atoms with Crippen molar-refractivity contribution in [2.75, 3.05) is 13.7 Å². The summed E-state index contributed by atoms with van der Waals surface area (Å²) in [5.41, 5.74) is -2.90. The van der Waals surface area contributed by atoms with Crippen LogP contribution >= 0.6 is 0 Å². The molecule has 4 aromatic rings. The highest BCUT2D eigenvalue weighted by Gasteiger charge is 2.37. The first-order valence-corrected chi connectivity index (χ1v) is 12.6. The molecule has 0 fully saturated rings. The smallest absolute Gasteiger partial charge is 0.416 e. The fourth-order valence-corrected chi connectivity index (χ4v) is 4.55. The molecule has 0 aliphatic rings. The van der Waals surface area contributed by atoms with Gasteiger partial charge in [-0.3, -0.25) is 9.59 Å². The van der Waals surface area contributed by atoms with E-state index in [2.05, 4.69) is 0 Å². The van der Waals surface area contributed by atoms with E-state index in [1.165, 1.54) is 18.7 Å². The molecule has 0 unspecified atom stereocenters. The molecule has 0 aliphatic carbocycles. The second kappa shape index (κ2) is 11.7. The van der Waals surface area contributed by atoms with Crippen LogP contribution < -0.4 is 10.3 Å². The summed E-state index contributed by atoms with van der Waals surface area (Å²) in [6.45, 7) is -0.464. The lowest BCUT2D eigenvalue weighted by atomic mass is 10.0. The van der Waals surface area contributed by atoms with Gasteiger partial charge < -0.3 is 14.2 Å². The lowest BCUT2D eigenvalue weighted by Crippen LogP contribution is -2.34. The van der Waals surface area contributed by atoms with Crippen molar-refractivity contribution >= 4 is 16.8 Å². The van der Waals surface area contributed by atoms with Crippen molar-refractivity contribution in [3.8, 4) is 5.75 Å². The molecule has 41 heavy (non-hydrogen) atoms. The maximum atomic E-state index is 13.6. The molecule has 1 amide bonds. The third kappa shape index (κ3) is 6.72. The Bertz CT molecular complexity index is 1580. The molecule has 1 aromatic heterocycles. The van der Waals surface area contributed by atoms with E-state index in [0.29, 0.717) is 35.9 Å². The minimum absolute atomic E-state index is 0.00799. The van der Waals surface area contributed by atoms with Gasteiger partial charge in [0.1, 0.15) is 11.3 Å². The first-order valence-electron chi connectivity index (χ1n) is 12.6. The molecule has 3 aromatic carbocycles. The zero-order chi connectivity index (χ0) is 29.9. The molecule has 0 bridgehead atoms. The first kappa shape index (κ1) is 29.7. The molecule has 4 rings (SSSR count). The van der Waals surface area contributed by atoms with E-state index in [9.17, 15) is 35.9 Å². The van der Waals surface area contributed by atoms with Crippen LogP contribution in [0.25, 0.3) is 10.9 Å². The van der Waals surface area contributed by atoms with E-state index in [1.54, 1.807) is 24.3 Å². The number of carbonyl (C=O) groups excluding carboxylic acids is 1. The van der Waals surface area contributed by atoms with Crippen LogP contribution in [-0.4, -0.2) is 29.0 Å². The van der Waals surface area contributed by atoms with Crippen LogP contribution in [0.5, 0.6) is 5.75 Å². The molecule has 0 N–H and O–H groups in total. The fraction of sp³-hybridized carbons (Fsp3) is 0.267. The standard InChI is InChI=1S/C30H26F6N2O3/c1-37(18-20-15-21(29(31,32)33)17-22(16-20)30(34,35)36)27(39)25-26(41-14-8-11-19-9-4-3-5-10-19)23-12-6-7-13-24(23)38(2)28(25)40/h3-7,9-10,12-13,15-17H,8,11,14,18H2,1-2H3. The molecule has 0 saturated carbocycles. The van der Waals surface area contributed by atoms with Gasteiger partial charge in [-0.1, -0.05) is 42.5 Å². The average Bonchev–Trinajstić information content (AvgIpc) is 2.92. The van der Waals surface area contributed by atoms with Crippen molar-refractivity contribution in [2.24, 2.45) is 7.05 Å². The Kier molecular flexibility index (Phi) is 8.46. The van der Waals surface area contributed by atoms with Gasteiger partial charge in [-0.2, -0.15) is 26.3 Å². The monoisotopic (exact) mass is 576 g/mol. The van der Waals surface area contributed by atoms with Gasteiger partial charge >= 0.3 is 12.4 Å². The van der Waals surface area contributed by atoms with E-state index in [4.69, 9.17) is 4.74 Å². The van der Waals surface area contributed by atoms with E-state index in [0.717, 1.165) is 10.5 Å². The maximum absolute atomic E-state index is 13.6. The number of aryl methyl sites for hydroxylation is 2. The summed E-state index contributed by atoms with van der Waals surface area (Å²) in [4.78, 5) is 27.9. The lowest BCUT2D eigenvalue weighted by Gasteiger charge is -2.22. The Hall–Kier alpha value is -4.28. The number of para-hydroxylation sites is 1. The number of carbonyl (C=O) groups is 1. The quantitative estimate of drug-likeness (QED) is 0.170. The van der Waals surface area contributed by atoms with Crippen molar-refractivity contribution in [1.82, 2.24) is 9.47 Å². The van der Waals surface area contributed by atoms with Crippen molar-refractivity contribution in [2.45, 2.75) is 31.7 Å². The number of halogens is 6. The fourth-order valence-electron chi connectivity index (χ4n) is 4.55. The molecule has 1 heterocycles. The van der Waals surface area contributed by atoms with Gasteiger partial charge in [0.25, 0.3) is 11.5 Å². The van der Waals surface area contributed by atoms with Crippen LogP contribution in [0.15, 0.2) is 77.6 Å². The van der Waals surface area contributed by atoms with Crippen molar-refractivity contribution < 1.29 is 35.9 Å². The minimum atomic E-state index is -5.03. The van der Waals surface area contributed by atoms with Crippen LogP contribution in [0.3, 0.4) is 0 Å². The van der Waals surface area contributed by atoms with Crippen LogP contribution in [-0.2, 0) is 32.4 Å². The number of hydrogen-bond donors (Lipinski definition) is 0. The van der Waals surface area contributed by atoms with Crippen LogP contribution in [0.4, 0.5) is 26.3 Å². The number of hydrogen-bond acceptors (Lipinski definition) is 3. The van der Waals surface area contributed by atoms with Gasteiger partial charge in [0.2, 0.25) is 0 Å². The van der Waals surface area contributed by atoms with Crippen molar-refractivity contribution in [3.05, 3.63) is 111 Å². The molecule has 0 saturated heterocycles. The first-order chi connectivity index (χ1) is 19.3. The maximum Gasteiger partial charge on any atom is 0.416 e. The average molecular weight is 577 g/mol. The topological polar surface area (TPSA) is 51.5 Å². The summed E-state index contributed by atoms with van der Waals surface area (Å²) in [7, 11) is 2.66. The summed E-state index contributed by atoms with van der Waals surface area (Å²) in [6.07, 6.45) is -8.84. The van der Waals surface area contributed by atoms with E-state index >= 15 is 0 Å². The summed E-state index contributed by atoms with van der Waals surface area (Å²) in [5.74, 6) is -0.894. The molecular weight excluding hydrogens is 550 g/mol. The summed E-state index contributed by atoms with van der Waals surface area (Å²) in [6, 6.07) is 17.5. The molecule has 0 radical (unpaired) electrons. The van der Waals surface area contributed by atoms with E-state index in [1.807, 2.05) is 30.3 Å². The highest BCUT2D eigenvalue weighted by atomic mass is 19.4. The molecule has 0 aliphatic heterocycles. The molecule has 11 heteroatoms. The number of nitrogens with zero attached hydrogens (tertiary/aromatic N) is 2. The molecule has 5 nitrogen and oxygen atoms in total. The number of alkyl halides is 6. The van der Waals surface area contributed by atoms with Gasteiger partial charge in [0.05, 0.1) is 23.3 Å². The lowest BCUT2D eigenvalue weighted by molar-refractivity contribution is -0.143. The summed E-state index contributed by atoms with van der Waals surface area (Å²) >= 11 is 0. The number of fused-ring (bicyclic) bond motifs is 1. The number of aromatic nitrogens is 1. The summed E-state index contributed by atoms with van der Waals surface area (Å²) in [5, 5.41) is 0.462. The highest BCUT2D eigenvalue weighted by molar-refractivity contribution is 6.02. The zero-order valence-electron chi connectivity index (χ0n) is 22.1. The van der Waals surface area contributed by atoms with E-state index < -0.39 is 47.1 Å². The van der Waals surface area contributed by atoms with Crippen molar-refractivity contribution in [1.29, 1.82) is 0 Å². The molecule has 0 spiro atoms. The number of benzene rings is 3. The minimum Gasteiger partial charge on any atom is -0.492 e. The normalized spacial score (nSPS) is 12.0. The predicted octanol–water partition coefficient (Wildman–Crippen LogP) is 6.86. The van der Waals surface area contributed by atoms with Gasteiger partial charge in [0.15, 0.2) is 0 Å². The Morgan fingerprint density at radius 1 is 0.854 bits per heavy atom.